The van der Waals surface area contributed by atoms with Crippen molar-refractivity contribution in [3.8, 4) is 0 Å². The Balaban J connectivity index is 2.50. The van der Waals surface area contributed by atoms with Gasteiger partial charge in [0, 0.05) is 13.6 Å². The molecule has 2 rings (SSSR count). The van der Waals surface area contributed by atoms with Crippen LogP contribution in [0.2, 0.25) is 0 Å². The van der Waals surface area contributed by atoms with Crippen LogP contribution in [0.25, 0.3) is 0 Å². The number of morpholine rings is 1. The van der Waals surface area contributed by atoms with Gasteiger partial charge in [-0.25, -0.2) is 9.97 Å². The van der Waals surface area contributed by atoms with Crippen molar-refractivity contribution in [1.29, 1.82) is 0 Å². The molecule has 10 nitrogen and oxygen atoms in total. The zero-order chi connectivity index (χ0) is 14.7. The minimum atomic E-state index is -0.790. The van der Waals surface area contributed by atoms with E-state index in [1.165, 1.54) is 18.3 Å². The summed E-state index contributed by atoms with van der Waals surface area (Å²) >= 11 is 0. The Morgan fingerprint density at radius 3 is 3.00 bits per heavy atom. The van der Waals surface area contributed by atoms with Crippen LogP contribution >= 0.6 is 0 Å². The van der Waals surface area contributed by atoms with Crippen molar-refractivity contribution < 1.29 is 14.5 Å². The van der Waals surface area contributed by atoms with E-state index in [-0.39, 0.29) is 30.5 Å². The number of hydrogen-bond acceptors (Lipinski definition) is 8. The molecule has 1 aliphatic rings. The molecule has 1 aliphatic heterocycles. The summed E-state index contributed by atoms with van der Waals surface area (Å²) in [4.78, 5) is 31.3. The van der Waals surface area contributed by atoms with E-state index < -0.39 is 16.9 Å². The van der Waals surface area contributed by atoms with Crippen molar-refractivity contribution >= 4 is 23.2 Å². The van der Waals surface area contributed by atoms with Crippen LogP contribution in [0.1, 0.15) is 0 Å². The Hall–Kier alpha value is -2.49. The SMILES string of the molecule is CNc1ncnc(N2CCOCC2C(N)=O)c1[N+](=O)[O-]. The predicted octanol–water partition coefficient (Wildman–Crippen LogP) is -0.883. The lowest BCUT2D eigenvalue weighted by atomic mass is 10.2. The zero-order valence-corrected chi connectivity index (χ0v) is 10.8. The average Bonchev–Trinajstić information content (AvgIpc) is 2.46. The van der Waals surface area contributed by atoms with E-state index in [1.807, 2.05) is 0 Å². The molecule has 20 heavy (non-hydrogen) atoms. The summed E-state index contributed by atoms with van der Waals surface area (Å²) in [5.41, 5.74) is 5.01. The standard InChI is InChI=1S/C10H14N6O4/c1-12-9-7(16(18)19)10(14-5-13-9)15-2-3-20-4-6(15)8(11)17/h5-6H,2-4H2,1H3,(H2,11,17)(H,12,13,14). The Kier molecular flexibility index (Phi) is 3.94. The van der Waals surface area contributed by atoms with Gasteiger partial charge in [0.1, 0.15) is 12.4 Å². The molecule has 1 amide bonds. The van der Waals surface area contributed by atoms with Gasteiger partial charge in [0.15, 0.2) is 0 Å². The minimum absolute atomic E-state index is 0.0569. The number of nitrogens with two attached hydrogens (primary N) is 1. The number of anilines is 2. The molecule has 1 fully saturated rings. The van der Waals surface area contributed by atoms with E-state index in [0.29, 0.717) is 6.61 Å². The quantitative estimate of drug-likeness (QED) is 0.536. The molecule has 1 unspecified atom stereocenters. The average molecular weight is 282 g/mol. The summed E-state index contributed by atoms with van der Waals surface area (Å²) in [6, 6.07) is -0.790. The molecule has 0 radical (unpaired) electrons. The number of carbonyl (C=O) groups is 1. The first-order valence-electron chi connectivity index (χ1n) is 5.87. The molecule has 0 aliphatic carbocycles. The molecule has 0 spiro atoms. The number of rotatable bonds is 4. The first-order chi connectivity index (χ1) is 9.56. The number of carbonyl (C=O) groups excluding carboxylic acids is 1. The van der Waals surface area contributed by atoms with Gasteiger partial charge in [-0.05, 0) is 0 Å². The number of primary amides is 1. The molecule has 1 aromatic rings. The highest BCUT2D eigenvalue weighted by atomic mass is 16.6. The summed E-state index contributed by atoms with van der Waals surface area (Å²) in [5.74, 6) is -0.486. The van der Waals surface area contributed by atoms with Crippen molar-refractivity contribution in [2.45, 2.75) is 6.04 Å². The minimum Gasteiger partial charge on any atom is -0.377 e. The molecular formula is C10H14N6O4. The highest BCUT2D eigenvalue weighted by Crippen LogP contribution is 2.33. The number of aromatic nitrogens is 2. The summed E-state index contributed by atoms with van der Waals surface area (Å²) in [7, 11) is 1.52. The first-order valence-corrected chi connectivity index (χ1v) is 5.87. The van der Waals surface area contributed by atoms with Gasteiger partial charge in [-0.1, -0.05) is 0 Å². The summed E-state index contributed by atoms with van der Waals surface area (Å²) < 4.78 is 5.18. The van der Waals surface area contributed by atoms with Crippen LogP contribution in [0.15, 0.2) is 6.33 Å². The van der Waals surface area contributed by atoms with Gasteiger partial charge in [-0.15, -0.1) is 0 Å². The fraction of sp³-hybridized carbons (Fsp3) is 0.500. The third-order valence-corrected chi connectivity index (χ3v) is 2.95. The van der Waals surface area contributed by atoms with Crippen molar-refractivity contribution in [3.63, 3.8) is 0 Å². The van der Waals surface area contributed by atoms with E-state index in [2.05, 4.69) is 15.3 Å². The fourth-order valence-electron chi connectivity index (χ4n) is 2.02. The summed E-state index contributed by atoms with van der Waals surface area (Å²) in [6.07, 6.45) is 1.20. The van der Waals surface area contributed by atoms with E-state index in [9.17, 15) is 14.9 Å². The number of amides is 1. The Bertz CT molecular complexity index is 536. The summed E-state index contributed by atoms with van der Waals surface area (Å²) in [6.45, 7) is 0.694. The summed E-state index contributed by atoms with van der Waals surface area (Å²) in [5, 5.41) is 13.9. The van der Waals surface area contributed by atoms with Crippen LogP contribution in [0.4, 0.5) is 17.3 Å². The smallest absolute Gasteiger partial charge is 0.353 e. The second-order valence-electron chi connectivity index (χ2n) is 4.09. The monoisotopic (exact) mass is 282 g/mol. The second-order valence-corrected chi connectivity index (χ2v) is 4.09. The van der Waals surface area contributed by atoms with E-state index >= 15 is 0 Å². The van der Waals surface area contributed by atoms with E-state index in [1.54, 1.807) is 0 Å². The molecule has 0 saturated carbocycles. The molecule has 1 saturated heterocycles. The third-order valence-electron chi connectivity index (χ3n) is 2.95. The van der Waals surface area contributed by atoms with Crippen LogP contribution in [0.5, 0.6) is 0 Å². The van der Waals surface area contributed by atoms with Gasteiger partial charge in [-0.3, -0.25) is 14.9 Å². The molecule has 108 valence electrons. The third kappa shape index (κ3) is 2.45. The maximum absolute atomic E-state index is 11.4. The van der Waals surface area contributed by atoms with Crippen LogP contribution in [-0.4, -0.2) is 53.6 Å². The molecule has 3 N–H and O–H groups in total. The number of nitro groups is 1. The fourth-order valence-corrected chi connectivity index (χ4v) is 2.02. The van der Waals surface area contributed by atoms with Crippen molar-refractivity contribution in [2.24, 2.45) is 5.73 Å². The van der Waals surface area contributed by atoms with Crippen LogP contribution in [-0.2, 0) is 9.53 Å². The largest absolute Gasteiger partial charge is 0.377 e. The van der Waals surface area contributed by atoms with Gasteiger partial charge in [0.25, 0.3) is 0 Å². The van der Waals surface area contributed by atoms with Crippen molar-refractivity contribution in [1.82, 2.24) is 9.97 Å². The van der Waals surface area contributed by atoms with Gasteiger partial charge >= 0.3 is 5.69 Å². The molecule has 10 heteroatoms. The van der Waals surface area contributed by atoms with Crippen LogP contribution in [0.3, 0.4) is 0 Å². The Morgan fingerprint density at radius 2 is 2.40 bits per heavy atom. The lowest BCUT2D eigenvalue weighted by Crippen LogP contribution is -2.53. The molecule has 0 aromatic carbocycles. The maximum Gasteiger partial charge on any atom is 0.353 e. The van der Waals surface area contributed by atoms with Gasteiger partial charge in [0.05, 0.1) is 18.1 Å². The number of ether oxygens (including phenoxy) is 1. The van der Waals surface area contributed by atoms with Gasteiger partial charge < -0.3 is 20.7 Å². The first kappa shape index (κ1) is 13.9. The number of nitrogens with zero attached hydrogens (tertiary/aromatic N) is 4. The second kappa shape index (κ2) is 5.65. The number of hydrogen-bond donors (Lipinski definition) is 2. The van der Waals surface area contributed by atoms with Crippen LogP contribution in [0, 0.1) is 10.1 Å². The zero-order valence-electron chi connectivity index (χ0n) is 10.8. The Labute approximate surface area is 114 Å². The molecular weight excluding hydrogens is 268 g/mol. The van der Waals surface area contributed by atoms with Crippen LogP contribution < -0.4 is 16.0 Å². The molecule has 0 bridgehead atoms. The highest BCUT2D eigenvalue weighted by molar-refractivity contribution is 5.85. The predicted molar refractivity (Wildman–Crippen MR) is 69.4 cm³/mol. The molecule has 2 heterocycles. The van der Waals surface area contributed by atoms with Gasteiger partial charge in [0.2, 0.25) is 17.5 Å². The topological polar surface area (TPSA) is 137 Å². The van der Waals surface area contributed by atoms with E-state index in [4.69, 9.17) is 10.5 Å². The van der Waals surface area contributed by atoms with Gasteiger partial charge in [-0.2, -0.15) is 0 Å². The Morgan fingerprint density at radius 1 is 1.65 bits per heavy atom. The lowest BCUT2D eigenvalue weighted by Gasteiger charge is -2.33. The normalized spacial score (nSPS) is 18.6. The van der Waals surface area contributed by atoms with Crippen molar-refractivity contribution in [3.05, 3.63) is 16.4 Å². The van der Waals surface area contributed by atoms with Crippen molar-refractivity contribution in [2.75, 3.05) is 37.0 Å². The lowest BCUT2D eigenvalue weighted by molar-refractivity contribution is -0.383. The van der Waals surface area contributed by atoms with E-state index in [0.717, 1.165) is 0 Å². The maximum atomic E-state index is 11.4. The molecule has 1 atom stereocenters. The number of nitrogens with one attached hydrogen (secondary N) is 1. The molecule has 1 aromatic heterocycles. The highest BCUT2D eigenvalue weighted by Gasteiger charge is 2.35.